The van der Waals surface area contributed by atoms with Gasteiger partial charge in [0.25, 0.3) is 5.91 Å². The summed E-state index contributed by atoms with van der Waals surface area (Å²) in [6, 6.07) is 7.99. The third-order valence-corrected chi connectivity index (χ3v) is 2.84. The third-order valence-electron chi connectivity index (χ3n) is 2.84. The molecule has 0 radical (unpaired) electrons. The first-order chi connectivity index (χ1) is 10.1. The summed E-state index contributed by atoms with van der Waals surface area (Å²) in [7, 11) is 0. The second-order valence-corrected chi connectivity index (χ2v) is 4.50. The summed E-state index contributed by atoms with van der Waals surface area (Å²) in [5, 5.41) is 5.14. The molecule has 5 nitrogen and oxygen atoms in total. The predicted molar refractivity (Wildman–Crippen MR) is 73.9 cm³/mol. The van der Waals surface area contributed by atoms with E-state index < -0.39 is 17.8 Å². The quantitative estimate of drug-likeness (QED) is 0.883. The first-order valence-electron chi connectivity index (χ1n) is 6.43. The fourth-order valence-corrected chi connectivity index (χ4v) is 1.72. The zero-order valence-electron chi connectivity index (χ0n) is 11.4. The number of hydrogen-bond acceptors (Lipinski definition) is 3. The first-order valence-corrected chi connectivity index (χ1v) is 6.43. The molecule has 0 aliphatic rings. The van der Waals surface area contributed by atoms with Crippen molar-refractivity contribution in [1.29, 1.82) is 0 Å². The van der Waals surface area contributed by atoms with E-state index in [9.17, 15) is 14.0 Å². The number of nitrogens with one attached hydrogen (secondary N) is 2. The number of furan rings is 1. The van der Waals surface area contributed by atoms with E-state index in [0.717, 1.165) is 6.07 Å². The summed E-state index contributed by atoms with van der Waals surface area (Å²) in [6.07, 6.45) is 1.51. The van der Waals surface area contributed by atoms with Crippen LogP contribution in [0.1, 0.15) is 23.0 Å². The minimum Gasteiger partial charge on any atom is -0.467 e. The van der Waals surface area contributed by atoms with Crippen molar-refractivity contribution in [3.8, 4) is 0 Å². The van der Waals surface area contributed by atoms with Crippen LogP contribution in [0.2, 0.25) is 0 Å². The number of hydrogen-bond donors (Lipinski definition) is 2. The molecule has 1 heterocycles. The van der Waals surface area contributed by atoms with Crippen LogP contribution in [0.5, 0.6) is 0 Å². The molecule has 2 aromatic rings. The van der Waals surface area contributed by atoms with Crippen molar-refractivity contribution in [3.05, 3.63) is 59.8 Å². The number of amides is 2. The minimum atomic E-state index is -0.740. The van der Waals surface area contributed by atoms with Gasteiger partial charge in [0.2, 0.25) is 5.91 Å². The van der Waals surface area contributed by atoms with E-state index in [4.69, 9.17) is 4.42 Å². The van der Waals surface area contributed by atoms with Crippen molar-refractivity contribution < 1.29 is 18.4 Å². The molecule has 2 amide bonds. The molecule has 2 rings (SSSR count). The molecule has 6 heteroatoms. The van der Waals surface area contributed by atoms with Gasteiger partial charge >= 0.3 is 0 Å². The second kappa shape index (κ2) is 6.69. The van der Waals surface area contributed by atoms with Crippen LogP contribution in [-0.2, 0) is 11.3 Å². The van der Waals surface area contributed by atoms with Gasteiger partial charge in [0, 0.05) is 5.56 Å². The fraction of sp³-hybridized carbons (Fsp3) is 0.200. The summed E-state index contributed by atoms with van der Waals surface area (Å²) in [4.78, 5) is 23.7. The van der Waals surface area contributed by atoms with Gasteiger partial charge in [-0.05, 0) is 37.3 Å². The predicted octanol–water partition coefficient (Wildman–Crippen LogP) is 1.85. The fourth-order valence-electron chi connectivity index (χ4n) is 1.72. The number of rotatable bonds is 5. The summed E-state index contributed by atoms with van der Waals surface area (Å²) in [6.45, 7) is 1.79. The van der Waals surface area contributed by atoms with E-state index in [1.807, 2.05) is 0 Å². The van der Waals surface area contributed by atoms with Gasteiger partial charge in [-0.15, -0.1) is 0 Å². The van der Waals surface area contributed by atoms with Gasteiger partial charge in [-0.25, -0.2) is 4.39 Å². The molecular formula is C15H15FN2O3. The SMILES string of the molecule is C[C@H](NC(=O)c1cccc(F)c1)C(=O)NCc1ccco1. The van der Waals surface area contributed by atoms with Crippen molar-refractivity contribution in [2.24, 2.45) is 0 Å². The lowest BCUT2D eigenvalue weighted by atomic mass is 10.2. The van der Waals surface area contributed by atoms with Gasteiger partial charge in [0.05, 0.1) is 12.8 Å². The van der Waals surface area contributed by atoms with E-state index in [1.54, 1.807) is 19.1 Å². The summed E-state index contributed by atoms with van der Waals surface area (Å²) >= 11 is 0. The Hall–Kier alpha value is -2.63. The highest BCUT2D eigenvalue weighted by Crippen LogP contribution is 2.04. The van der Waals surface area contributed by atoms with Crippen LogP contribution in [0.15, 0.2) is 47.1 Å². The molecular weight excluding hydrogens is 275 g/mol. The zero-order valence-corrected chi connectivity index (χ0v) is 11.4. The Balaban J connectivity index is 1.86. The Morgan fingerprint density at radius 1 is 1.29 bits per heavy atom. The lowest BCUT2D eigenvalue weighted by Gasteiger charge is -2.13. The maximum absolute atomic E-state index is 13.0. The van der Waals surface area contributed by atoms with E-state index in [-0.39, 0.29) is 18.0 Å². The van der Waals surface area contributed by atoms with Crippen molar-refractivity contribution in [2.45, 2.75) is 19.5 Å². The van der Waals surface area contributed by atoms with Crippen LogP contribution in [0.25, 0.3) is 0 Å². The number of halogens is 1. The van der Waals surface area contributed by atoms with E-state index >= 15 is 0 Å². The molecule has 0 unspecified atom stereocenters. The molecule has 21 heavy (non-hydrogen) atoms. The van der Waals surface area contributed by atoms with Crippen LogP contribution in [0.4, 0.5) is 4.39 Å². The van der Waals surface area contributed by atoms with Gasteiger partial charge in [0.15, 0.2) is 0 Å². The molecule has 0 saturated heterocycles. The molecule has 0 spiro atoms. The Kier molecular flexibility index (Phi) is 4.71. The Labute approximate surface area is 121 Å². The first kappa shape index (κ1) is 14.8. The van der Waals surface area contributed by atoms with Crippen molar-refractivity contribution >= 4 is 11.8 Å². The lowest BCUT2D eigenvalue weighted by Crippen LogP contribution is -2.44. The van der Waals surface area contributed by atoms with Crippen molar-refractivity contribution in [1.82, 2.24) is 10.6 Å². The second-order valence-electron chi connectivity index (χ2n) is 4.50. The van der Waals surface area contributed by atoms with Crippen LogP contribution < -0.4 is 10.6 Å². The molecule has 0 saturated carbocycles. The van der Waals surface area contributed by atoms with E-state index in [1.165, 1.54) is 24.5 Å². The molecule has 110 valence electrons. The lowest BCUT2D eigenvalue weighted by molar-refractivity contribution is -0.122. The van der Waals surface area contributed by atoms with Gasteiger partial charge in [-0.2, -0.15) is 0 Å². The van der Waals surface area contributed by atoms with Crippen LogP contribution in [-0.4, -0.2) is 17.9 Å². The Bertz CT molecular complexity index is 626. The molecule has 1 aromatic carbocycles. The molecule has 2 N–H and O–H groups in total. The van der Waals surface area contributed by atoms with E-state index in [2.05, 4.69) is 10.6 Å². The van der Waals surface area contributed by atoms with Gasteiger partial charge in [-0.3, -0.25) is 9.59 Å². The summed E-state index contributed by atoms with van der Waals surface area (Å²) in [5.41, 5.74) is 0.167. The molecule has 0 fully saturated rings. The molecule has 1 atom stereocenters. The average Bonchev–Trinajstić information content (AvgIpc) is 2.97. The molecule has 1 aromatic heterocycles. The minimum absolute atomic E-state index is 0.167. The third kappa shape index (κ3) is 4.17. The largest absolute Gasteiger partial charge is 0.467 e. The molecule has 0 bridgehead atoms. The number of carbonyl (C=O) groups is 2. The zero-order chi connectivity index (χ0) is 15.2. The standard InChI is InChI=1S/C15H15FN2O3/c1-10(14(19)17-9-13-6-3-7-21-13)18-15(20)11-4-2-5-12(16)8-11/h2-8,10H,9H2,1H3,(H,17,19)(H,18,20)/t10-/m0/s1. The highest BCUT2D eigenvalue weighted by molar-refractivity contribution is 5.97. The average molecular weight is 290 g/mol. The highest BCUT2D eigenvalue weighted by Gasteiger charge is 2.16. The van der Waals surface area contributed by atoms with Crippen LogP contribution in [0.3, 0.4) is 0 Å². The summed E-state index contributed by atoms with van der Waals surface area (Å²) in [5.74, 6) is -0.740. The number of carbonyl (C=O) groups excluding carboxylic acids is 2. The summed E-state index contributed by atoms with van der Waals surface area (Å²) < 4.78 is 18.1. The van der Waals surface area contributed by atoms with E-state index in [0.29, 0.717) is 5.76 Å². The van der Waals surface area contributed by atoms with Gasteiger partial charge < -0.3 is 15.1 Å². The Morgan fingerprint density at radius 2 is 2.10 bits per heavy atom. The Morgan fingerprint density at radius 3 is 2.76 bits per heavy atom. The maximum Gasteiger partial charge on any atom is 0.252 e. The topological polar surface area (TPSA) is 71.3 Å². The molecule has 0 aliphatic carbocycles. The van der Waals surface area contributed by atoms with Crippen molar-refractivity contribution in [3.63, 3.8) is 0 Å². The van der Waals surface area contributed by atoms with Crippen LogP contribution in [0, 0.1) is 5.82 Å². The van der Waals surface area contributed by atoms with Gasteiger partial charge in [0.1, 0.15) is 17.6 Å². The normalized spacial score (nSPS) is 11.7. The van der Waals surface area contributed by atoms with Crippen LogP contribution >= 0.6 is 0 Å². The smallest absolute Gasteiger partial charge is 0.252 e. The molecule has 0 aliphatic heterocycles. The van der Waals surface area contributed by atoms with Crippen molar-refractivity contribution in [2.75, 3.05) is 0 Å². The maximum atomic E-state index is 13.0. The number of benzene rings is 1. The van der Waals surface area contributed by atoms with Gasteiger partial charge in [-0.1, -0.05) is 6.07 Å². The highest BCUT2D eigenvalue weighted by atomic mass is 19.1. The monoisotopic (exact) mass is 290 g/mol.